The molecule has 0 unspecified atom stereocenters. The van der Waals surface area contributed by atoms with Crippen LogP contribution < -0.4 is 0 Å². The minimum Gasteiger partial charge on any atom is -0.481 e. The molecule has 1 aromatic heterocycles. The van der Waals surface area contributed by atoms with Crippen molar-refractivity contribution in [3.8, 4) is 0 Å². The summed E-state index contributed by atoms with van der Waals surface area (Å²) in [6.07, 6.45) is 1.73. The minimum atomic E-state index is -2.88. The highest BCUT2D eigenvalue weighted by atomic mass is 32.2. The van der Waals surface area contributed by atoms with Crippen LogP contribution in [0.5, 0.6) is 0 Å². The van der Waals surface area contributed by atoms with E-state index in [1.54, 1.807) is 0 Å². The number of carboxylic acids is 1. The number of sulfone groups is 1. The van der Waals surface area contributed by atoms with Gasteiger partial charge in [-0.3, -0.25) is 9.48 Å². The topological polar surface area (TPSA) is 89.3 Å². The first-order valence-electron chi connectivity index (χ1n) is 6.77. The van der Waals surface area contributed by atoms with Gasteiger partial charge in [0.2, 0.25) is 0 Å². The first-order valence-corrected chi connectivity index (χ1v) is 8.59. The molecule has 1 aliphatic heterocycles. The average molecular weight is 300 g/mol. The lowest BCUT2D eigenvalue weighted by atomic mass is 10.1. The summed E-state index contributed by atoms with van der Waals surface area (Å²) in [5, 5.41) is 13.3. The first-order chi connectivity index (χ1) is 9.30. The Labute approximate surface area is 118 Å². The van der Waals surface area contributed by atoms with E-state index in [0.717, 1.165) is 17.0 Å². The minimum absolute atomic E-state index is 0.0897. The molecule has 2 heterocycles. The monoisotopic (exact) mass is 300 g/mol. The van der Waals surface area contributed by atoms with Crippen LogP contribution in [0.2, 0.25) is 0 Å². The maximum atomic E-state index is 11.5. The van der Waals surface area contributed by atoms with E-state index in [-0.39, 0.29) is 24.0 Å². The van der Waals surface area contributed by atoms with E-state index in [1.807, 2.05) is 18.5 Å². The lowest BCUT2D eigenvalue weighted by Gasteiger charge is -2.23. The number of carbonyl (C=O) groups is 1. The number of aryl methyl sites for hydroxylation is 1. The van der Waals surface area contributed by atoms with E-state index < -0.39 is 15.8 Å². The molecule has 0 amide bonds. The van der Waals surface area contributed by atoms with Crippen molar-refractivity contribution < 1.29 is 18.3 Å². The zero-order chi connectivity index (χ0) is 14.9. The van der Waals surface area contributed by atoms with Gasteiger partial charge in [-0.25, -0.2) is 8.42 Å². The number of aromatic nitrogens is 2. The van der Waals surface area contributed by atoms with Crippen LogP contribution >= 0.6 is 0 Å². The second-order valence-corrected chi connectivity index (χ2v) is 7.67. The van der Waals surface area contributed by atoms with Gasteiger partial charge in [-0.15, -0.1) is 0 Å². The van der Waals surface area contributed by atoms with Crippen LogP contribution in [-0.4, -0.2) is 40.8 Å². The molecule has 0 bridgehead atoms. The first kappa shape index (κ1) is 15.0. The van der Waals surface area contributed by atoms with Crippen molar-refractivity contribution >= 4 is 15.8 Å². The molecular weight excluding hydrogens is 280 g/mol. The summed E-state index contributed by atoms with van der Waals surface area (Å²) in [4.78, 5) is 10.7. The number of nitrogens with zero attached hydrogens (tertiary/aromatic N) is 2. The van der Waals surface area contributed by atoms with Gasteiger partial charge < -0.3 is 5.11 Å². The van der Waals surface area contributed by atoms with Crippen LogP contribution in [0.1, 0.15) is 42.3 Å². The van der Waals surface area contributed by atoms with Gasteiger partial charge in [0.1, 0.15) is 9.84 Å². The van der Waals surface area contributed by atoms with E-state index in [0.29, 0.717) is 19.3 Å². The second kappa shape index (κ2) is 5.55. The standard InChI is InChI=1S/C13H20N2O4S/c1-9-12(3-4-13(16)17)10(2)15(14-9)11-5-7-20(18,19)8-6-11/h11H,3-8H2,1-2H3,(H,16,17). The summed E-state index contributed by atoms with van der Waals surface area (Å²) in [6.45, 7) is 3.81. The van der Waals surface area contributed by atoms with Crippen molar-refractivity contribution in [3.05, 3.63) is 17.0 Å². The van der Waals surface area contributed by atoms with E-state index in [4.69, 9.17) is 5.11 Å². The van der Waals surface area contributed by atoms with Gasteiger partial charge in [0.05, 0.1) is 23.2 Å². The highest BCUT2D eigenvalue weighted by Crippen LogP contribution is 2.27. The highest BCUT2D eigenvalue weighted by Gasteiger charge is 2.27. The zero-order valence-corrected chi connectivity index (χ0v) is 12.6. The second-order valence-electron chi connectivity index (χ2n) is 5.37. The van der Waals surface area contributed by atoms with Gasteiger partial charge in [-0.05, 0) is 38.7 Å². The highest BCUT2D eigenvalue weighted by molar-refractivity contribution is 7.91. The molecular formula is C13H20N2O4S. The Morgan fingerprint density at radius 3 is 2.50 bits per heavy atom. The van der Waals surface area contributed by atoms with E-state index >= 15 is 0 Å². The third kappa shape index (κ3) is 3.20. The van der Waals surface area contributed by atoms with E-state index in [2.05, 4.69) is 5.10 Å². The van der Waals surface area contributed by atoms with E-state index in [9.17, 15) is 13.2 Å². The molecule has 1 fully saturated rings. The van der Waals surface area contributed by atoms with Crippen molar-refractivity contribution in [2.45, 2.75) is 45.6 Å². The van der Waals surface area contributed by atoms with Gasteiger partial charge in [-0.1, -0.05) is 0 Å². The van der Waals surface area contributed by atoms with E-state index in [1.165, 1.54) is 0 Å². The predicted octanol–water partition coefficient (Wildman–Crippen LogP) is 1.27. The van der Waals surface area contributed by atoms with Gasteiger partial charge in [0.25, 0.3) is 0 Å². The summed E-state index contributed by atoms with van der Waals surface area (Å²) >= 11 is 0. The largest absolute Gasteiger partial charge is 0.481 e. The molecule has 6 nitrogen and oxygen atoms in total. The smallest absolute Gasteiger partial charge is 0.303 e. The molecule has 7 heteroatoms. The molecule has 0 aromatic carbocycles. The molecule has 20 heavy (non-hydrogen) atoms. The molecule has 0 saturated carbocycles. The van der Waals surface area contributed by atoms with Crippen LogP contribution in [0.3, 0.4) is 0 Å². The van der Waals surface area contributed by atoms with Gasteiger partial charge in [0.15, 0.2) is 0 Å². The number of hydrogen-bond acceptors (Lipinski definition) is 4. The van der Waals surface area contributed by atoms with Gasteiger partial charge in [-0.2, -0.15) is 5.10 Å². The van der Waals surface area contributed by atoms with Crippen LogP contribution in [0.4, 0.5) is 0 Å². The molecule has 1 aliphatic rings. The fraction of sp³-hybridized carbons (Fsp3) is 0.692. The quantitative estimate of drug-likeness (QED) is 0.904. The molecule has 0 atom stereocenters. The van der Waals surface area contributed by atoms with Gasteiger partial charge >= 0.3 is 5.97 Å². The maximum absolute atomic E-state index is 11.5. The molecule has 0 aliphatic carbocycles. The summed E-state index contributed by atoms with van der Waals surface area (Å²) in [5.41, 5.74) is 2.78. The summed E-state index contributed by atoms with van der Waals surface area (Å²) in [6, 6.07) is 0.107. The number of rotatable bonds is 4. The molecule has 1 N–H and O–H groups in total. The van der Waals surface area contributed by atoms with Gasteiger partial charge in [0, 0.05) is 12.1 Å². The zero-order valence-electron chi connectivity index (χ0n) is 11.8. The molecule has 1 aromatic rings. The van der Waals surface area contributed by atoms with Crippen molar-refractivity contribution in [3.63, 3.8) is 0 Å². The Bertz CT molecular complexity index is 605. The van der Waals surface area contributed by atoms with Crippen molar-refractivity contribution in [1.82, 2.24) is 9.78 Å². The molecule has 2 rings (SSSR count). The maximum Gasteiger partial charge on any atom is 0.303 e. The Balaban J connectivity index is 2.17. The number of aliphatic carboxylic acids is 1. The lowest BCUT2D eigenvalue weighted by Crippen LogP contribution is -2.26. The third-order valence-electron chi connectivity index (χ3n) is 3.93. The van der Waals surface area contributed by atoms with Crippen molar-refractivity contribution in [2.75, 3.05) is 11.5 Å². The Morgan fingerprint density at radius 1 is 1.35 bits per heavy atom. The van der Waals surface area contributed by atoms with Crippen LogP contribution in [0, 0.1) is 13.8 Å². The Kier molecular flexibility index (Phi) is 4.17. The van der Waals surface area contributed by atoms with Crippen LogP contribution in [0.25, 0.3) is 0 Å². The van der Waals surface area contributed by atoms with Crippen LogP contribution in [0.15, 0.2) is 0 Å². The molecule has 112 valence electrons. The summed E-state index contributed by atoms with van der Waals surface area (Å²) < 4.78 is 24.8. The Hall–Kier alpha value is -1.37. The Morgan fingerprint density at radius 2 is 1.95 bits per heavy atom. The average Bonchev–Trinajstić information content (AvgIpc) is 2.62. The lowest BCUT2D eigenvalue weighted by molar-refractivity contribution is -0.136. The normalized spacial score (nSPS) is 19.1. The van der Waals surface area contributed by atoms with Crippen molar-refractivity contribution in [1.29, 1.82) is 0 Å². The van der Waals surface area contributed by atoms with Crippen molar-refractivity contribution in [2.24, 2.45) is 0 Å². The third-order valence-corrected chi connectivity index (χ3v) is 5.65. The fourth-order valence-electron chi connectivity index (χ4n) is 2.77. The number of carboxylic acid groups (broad SMARTS) is 1. The summed E-state index contributed by atoms with van der Waals surface area (Å²) in [7, 11) is -2.88. The number of hydrogen-bond donors (Lipinski definition) is 1. The van der Waals surface area contributed by atoms with Crippen LogP contribution in [-0.2, 0) is 21.1 Å². The SMILES string of the molecule is Cc1nn(C2CCS(=O)(=O)CC2)c(C)c1CCC(=O)O. The molecule has 0 radical (unpaired) electrons. The molecule has 1 saturated heterocycles. The summed E-state index contributed by atoms with van der Waals surface area (Å²) in [5.74, 6) is -0.402. The fourth-order valence-corrected chi connectivity index (χ4v) is 4.23. The predicted molar refractivity (Wildman–Crippen MR) is 74.6 cm³/mol. The molecule has 0 spiro atoms.